The second-order valence-corrected chi connectivity index (χ2v) is 9.79. The Morgan fingerprint density at radius 3 is 2.34 bits per heavy atom. The van der Waals surface area contributed by atoms with Crippen molar-refractivity contribution in [3.63, 3.8) is 0 Å². The van der Waals surface area contributed by atoms with Crippen LogP contribution >= 0.6 is 0 Å². The molecule has 1 atom stereocenters. The first-order valence-electron chi connectivity index (χ1n) is 12.9. The molecule has 2 saturated heterocycles. The van der Waals surface area contributed by atoms with Crippen LogP contribution in [-0.2, 0) is 9.59 Å². The molecule has 2 heterocycles. The normalized spacial score (nSPS) is 17.5. The van der Waals surface area contributed by atoms with E-state index in [0.717, 1.165) is 18.8 Å². The number of hydrogen-bond donors (Lipinski definition) is 1. The molecule has 5 rings (SSSR count). The number of amides is 3. The molecule has 0 spiro atoms. The molecular formula is C30H32N4O4. The minimum atomic E-state index is -0.473. The number of methoxy groups -OCH3 is 1. The zero-order valence-corrected chi connectivity index (χ0v) is 21.7. The Kier molecular flexibility index (Phi) is 7.31. The van der Waals surface area contributed by atoms with Crippen molar-refractivity contribution < 1.29 is 19.1 Å². The molecule has 0 radical (unpaired) electrons. The molecule has 0 bridgehead atoms. The van der Waals surface area contributed by atoms with Crippen LogP contribution in [0.2, 0.25) is 0 Å². The lowest BCUT2D eigenvalue weighted by atomic mass is 10.1. The number of carbonyl (C=O) groups is 3. The van der Waals surface area contributed by atoms with E-state index < -0.39 is 5.92 Å². The van der Waals surface area contributed by atoms with Crippen LogP contribution in [0.1, 0.15) is 22.3 Å². The molecule has 8 heteroatoms. The Hall–Kier alpha value is -4.33. The van der Waals surface area contributed by atoms with Gasteiger partial charge < -0.3 is 24.8 Å². The molecule has 2 aliphatic rings. The zero-order chi connectivity index (χ0) is 26.6. The number of ether oxygens (including phenoxy) is 1. The first kappa shape index (κ1) is 25.3. The lowest BCUT2D eigenvalue weighted by Crippen LogP contribution is -2.48. The van der Waals surface area contributed by atoms with Crippen molar-refractivity contribution in [2.24, 2.45) is 5.92 Å². The molecule has 0 aliphatic carbocycles. The van der Waals surface area contributed by atoms with E-state index in [1.807, 2.05) is 17.0 Å². The third kappa shape index (κ3) is 5.49. The van der Waals surface area contributed by atoms with Crippen LogP contribution in [0.3, 0.4) is 0 Å². The standard InChI is InChI=1S/C30H32N4O4/c1-21-5-3-8-26(17-21)32-13-15-33(16-14-32)30(37)22-6-4-7-24(18-22)31-29(36)23-19-28(35)34(20-23)25-9-11-27(38-2)12-10-25/h3-12,17-18,23H,13-16,19-20H2,1-2H3,(H,31,36)/t23-/m0/s1. The molecule has 0 aromatic heterocycles. The van der Waals surface area contributed by atoms with Gasteiger partial charge in [0.15, 0.2) is 0 Å². The molecule has 3 aromatic carbocycles. The fourth-order valence-corrected chi connectivity index (χ4v) is 5.04. The van der Waals surface area contributed by atoms with Gasteiger partial charge in [-0.2, -0.15) is 0 Å². The highest BCUT2D eigenvalue weighted by Crippen LogP contribution is 2.28. The highest BCUT2D eigenvalue weighted by Gasteiger charge is 2.35. The van der Waals surface area contributed by atoms with Crippen molar-refractivity contribution in [3.8, 4) is 5.75 Å². The van der Waals surface area contributed by atoms with E-state index in [1.165, 1.54) is 11.3 Å². The average molecular weight is 513 g/mol. The van der Waals surface area contributed by atoms with Gasteiger partial charge in [0.25, 0.3) is 5.91 Å². The Balaban J connectivity index is 1.18. The average Bonchev–Trinajstić information content (AvgIpc) is 3.34. The first-order chi connectivity index (χ1) is 18.4. The minimum Gasteiger partial charge on any atom is -0.497 e. The fourth-order valence-electron chi connectivity index (χ4n) is 5.04. The van der Waals surface area contributed by atoms with Crippen molar-refractivity contribution in [2.45, 2.75) is 13.3 Å². The summed E-state index contributed by atoms with van der Waals surface area (Å²) in [6, 6.07) is 22.6. The van der Waals surface area contributed by atoms with Crippen LogP contribution in [0.25, 0.3) is 0 Å². The molecular weight excluding hydrogens is 480 g/mol. The highest BCUT2D eigenvalue weighted by atomic mass is 16.5. The second-order valence-electron chi connectivity index (χ2n) is 9.79. The lowest BCUT2D eigenvalue weighted by Gasteiger charge is -2.36. The Labute approximate surface area is 222 Å². The molecule has 3 amide bonds. The topological polar surface area (TPSA) is 82.2 Å². The number of anilines is 3. The first-order valence-corrected chi connectivity index (χ1v) is 12.9. The van der Waals surface area contributed by atoms with Gasteiger partial charge in [-0.15, -0.1) is 0 Å². The lowest BCUT2D eigenvalue weighted by molar-refractivity contribution is -0.122. The molecule has 1 N–H and O–H groups in total. The molecule has 196 valence electrons. The number of rotatable bonds is 6. The van der Waals surface area contributed by atoms with Gasteiger partial charge >= 0.3 is 0 Å². The van der Waals surface area contributed by atoms with Crippen LogP contribution < -0.4 is 19.9 Å². The van der Waals surface area contributed by atoms with Gasteiger partial charge in [-0.3, -0.25) is 14.4 Å². The maximum absolute atomic E-state index is 13.2. The summed E-state index contributed by atoms with van der Waals surface area (Å²) in [6.45, 7) is 5.19. The smallest absolute Gasteiger partial charge is 0.254 e. The zero-order valence-electron chi connectivity index (χ0n) is 21.7. The maximum Gasteiger partial charge on any atom is 0.254 e. The molecule has 0 unspecified atom stereocenters. The number of nitrogens with zero attached hydrogens (tertiary/aromatic N) is 3. The maximum atomic E-state index is 13.2. The summed E-state index contributed by atoms with van der Waals surface area (Å²) in [7, 11) is 1.59. The summed E-state index contributed by atoms with van der Waals surface area (Å²) >= 11 is 0. The molecule has 2 fully saturated rings. The van der Waals surface area contributed by atoms with Gasteiger partial charge in [-0.25, -0.2) is 0 Å². The van der Waals surface area contributed by atoms with E-state index in [1.54, 1.807) is 48.4 Å². The SMILES string of the molecule is COc1ccc(N2C[C@@H](C(=O)Nc3cccc(C(=O)N4CCN(c5cccc(C)c5)CC4)c3)CC2=O)cc1. The number of benzene rings is 3. The quantitative estimate of drug-likeness (QED) is 0.541. The van der Waals surface area contributed by atoms with Gasteiger partial charge in [0.05, 0.1) is 13.0 Å². The van der Waals surface area contributed by atoms with E-state index in [4.69, 9.17) is 4.74 Å². The van der Waals surface area contributed by atoms with Crippen molar-refractivity contribution in [3.05, 3.63) is 83.9 Å². The summed E-state index contributed by atoms with van der Waals surface area (Å²) in [5.74, 6) is -0.141. The number of hydrogen-bond acceptors (Lipinski definition) is 5. The van der Waals surface area contributed by atoms with Gasteiger partial charge in [-0.05, 0) is 67.1 Å². The summed E-state index contributed by atoms with van der Waals surface area (Å²) in [4.78, 5) is 44.6. The van der Waals surface area contributed by atoms with Crippen LogP contribution in [0.5, 0.6) is 5.75 Å². The van der Waals surface area contributed by atoms with Crippen LogP contribution in [0, 0.1) is 12.8 Å². The number of piperazine rings is 1. The monoisotopic (exact) mass is 512 g/mol. The van der Waals surface area contributed by atoms with Crippen molar-refractivity contribution >= 4 is 34.8 Å². The van der Waals surface area contributed by atoms with Crippen molar-refractivity contribution in [2.75, 3.05) is 55.0 Å². The van der Waals surface area contributed by atoms with Crippen molar-refractivity contribution in [1.82, 2.24) is 4.90 Å². The largest absolute Gasteiger partial charge is 0.497 e. The Bertz CT molecular complexity index is 1330. The second kappa shape index (κ2) is 11.0. The minimum absolute atomic E-state index is 0.0493. The van der Waals surface area contributed by atoms with Gasteiger partial charge in [0, 0.05) is 61.8 Å². The summed E-state index contributed by atoms with van der Waals surface area (Å²) < 4.78 is 5.18. The predicted molar refractivity (Wildman–Crippen MR) is 148 cm³/mol. The summed E-state index contributed by atoms with van der Waals surface area (Å²) in [6.07, 6.45) is 0.141. The van der Waals surface area contributed by atoms with Crippen LogP contribution in [0.4, 0.5) is 17.1 Å². The van der Waals surface area contributed by atoms with E-state index in [0.29, 0.717) is 36.6 Å². The van der Waals surface area contributed by atoms with E-state index >= 15 is 0 Å². The van der Waals surface area contributed by atoms with E-state index in [2.05, 4.69) is 41.4 Å². The summed E-state index contributed by atoms with van der Waals surface area (Å²) in [5.41, 5.74) is 4.22. The fraction of sp³-hybridized carbons (Fsp3) is 0.300. The number of carbonyl (C=O) groups excluding carboxylic acids is 3. The third-order valence-corrected chi connectivity index (χ3v) is 7.19. The number of nitrogens with one attached hydrogen (secondary N) is 1. The third-order valence-electron chi connectivity index (χ3n) is 7.19. The molecule has 8 nitrogen and oxygen atoms in total. The summed E-state index contributed by atoms with van der Waals surface area (Å²) in [5, 5.41) is 2.91. The Morgan fingerprint density at radius 2 is 1.63 bits per heavy atom. The molecule has 0 saturated carbocycles. The molecule has 38 heavy (non-hydrogen) atoms. The van der Waals surface area contributed by atoms with Gasteiger partial charge in [-0.1, -0.05) is 18.2 Å². The Morgan fingerprint density at radius 1 is 0.895 bits per heavy atom. The van der Waals surface area contributed by atoms with Gasteiger partial charge in [0.2, 0.25) is 11.8 Å². The molecule has 2 aliphatic heterocycles. The highest BCUT2D eigenvalue weighted by molar-refractivity contribution is 6.04. The van der Waals surface area contributed by atoms with Crippen molar-refractivity contribution in [1.29, 1.82) is 0 Å². The molecule has 3 aromatic rings. The predicted octanol–water partition coefficient (Wildman–Crippen LogP) is 3.96. The van der Waals surface area contributed by atoms with Gasteiger partial charge in [0.1, 0.15) is 5.75 Å². The van der Waals surface area contributed by atoms with E-state index in [9.17, 15) is 14.4 Å². The van der Waals surface area contributed by atoms with E-state index in [-0.39, 0.29) is 24.1 Å². The number of aryl methyl sites for hydroxylation is 1. The van der Waals surface area contributed by atoms with Crippen LogP contribution in [0.15, 0.2) is 72.8 Å². The van der Waals surface area contributed by atoms with Crippen LogP contribution in [-0.4, -0.2) is 62.5 Å².